The smallest absolute Gasteiger partial charge is 0.234 e. The molecule has 0 bridgehead atoms. The van der Waals surface area contributed by atoms with E-state index in [0.717, 1.165) is 0 Å². The highest BCUT2D eigenvalue weighted by Crippen LogP contribution is 2.46. The maximum absolute atomic E-state index is 14.1. The van der Waals surface area contributed by atoms with Gasteiger partial charge in [0.25, 0.3) is 0 Å². The highest BCUT2D eigenvalue weighted by Gasteiger charge is 2.34. The number of hydrogen-bond acceptors (Lipinski definition) is 14. The fourth-order valence-electron chi connectivity index (χ4n) is 5.73. The molecule has 0 unspecified atom stereocenters. The van der Waals surface area contributed by atoms with E-state index in [1.165, 1.54) is 62.8 Å². The van der Waals surface area contributed by atoms with E-state index in [2.05, 4.69) is 0 Å². The molecule has 0 aliphatic carbocycles. The Hall–Kier alpha value is -6.44. The van der Waals surface area contributed by atoms with Crippen molar-refractivity contribution >= 4 is 23.1 Å². The van der Waals surface area contributed by atoms with Crippen molar-refractivity contribution in [2.24, 2.45) is 0 Å². The molecule has 4 aromatic carbocycles. The van der Waals surface area contributed by atoms with Gasteiger partial charge in [-0.25, -0.2) is 0 Å². The molecule has 14 heteroatoms. The van der Waals surface area contributed by atoms with E-state index in [1.54, 1.807) is 0 Å². The molecule has 4 aromatic rings. The molecule has 4 heterocycles. The maximum atomic E-state index is 14.1. The molecular formula is C34H22O14. The lowest BCUT2D eigenvalue weighted by atomic mass is 9.87. The summed E-state index contributed by atoms with van der Waals surface area (Å²) in [4.78, 5) is 55.7. The first-order valence-electron chi connectivity index (χ1n) is 14.4. The highest BCUT2D eigenvalue weighted by atomic mass is 16.7. The molecule has 4 aliphatic heterocycles. The molecule has 14 nitrogen and oxygen atoms in total. The summed E-state index contributed by atoms with van der Waals surface area (Å²) in [7, 11) is 2.78. The lowest BCUT2D eigenvalue weighted by molar-refractivity contribution is 0.0815. The Kier molecular flexibility index (Phi) is 6.72. The first kappa shape index (κ1) is 29.0. The van der Waals surface area contributed by atoms with Crippen molar-refractivity contribution in [2.75, 3.05) is 41.4 Å². The van der Waals surface area contributed by atoms with Gasteiger partial charge in [0, 0.05) is 22.3 Å². The highest BCUT2D eigenvalue weighted by molar-refractivity contribution is 6.52. The van der Waals surface area contributed by atoms with Gasteiger partial charge < -0.3 is 47.4 Å². The molecule has 0 saturated heterocycles. The van der Waals surface area contributed by atoms with E-state index < -0.39 is 23.1 Å². The number of Topliss-reactive ketones (excluding diaryl/α,β-unsaturated/α-hetero) is 4. The summed E-state index contributed by atoms with van der Waals surface area (Å²) in [5, 5.41) is 0. The zero-order valence-corrected chi connectivity index (χ0v) is 25.2. The number of ketones is 4. The van der Waals surface area contributed by atoms with Crippen molar-refractivity contribution in [1.82, 2.24) is 0 Å². The zero-order chi connectivity index (χ0) is 33.1. The Morgan fingerprint density at radius 2 is 0.792 bits per heavy atom. The van der Waals surface area contributed by atoms with Crippen molar-refractivity contribution in [3.63, 3.8) is 0 Å². The summed E-state index contributed by atoms with van der Waals surface area (Å²) >= 11 is 0. The molecule has 0 fully saturated rings. The average Bonchev–Trinajstić information content (AvgIpc) is 3.94. The minimum atomic E-state index is -0.952. The fraction of sp³-hybridized carbons (Fsp3) is 0.176. The summed E-state index contributed by atoms with van der Waals surface area (Å²) in [6.07, 6.45) is 0. The molecule has 0 aromatic heterocycles. The van der Waals surface area contributed by atoms with Crippen LogP contribution in [-0.4, -0.2) is 64.5 Å². The minimum Gasteiger partial charge on any atom is -0.493 e. The molecule has 242 valence electrons. The molecule has 0 N–H and O–H groups in total. The van der Waals surface area contributed by atoms with Gasteiger partial charge in [0.2, 0.25) is 61.8 Å². The van der Waals surface area contributed by atoms with Gasteiger partial charge in [-0.3, -0.25) is 19.2 Å². The van der Waals surface area contributed by atoms with Crippen LogP contribution in [-0.2, 0) is 0 Å². The average molecular weight is 655 g/mol. The van der Waals surface area contributed by atoms with Gasteiger partial charge >= 0.3 is 0 Å². The van der Waals surface area contributed by atoms with Crippen LogP contribution in [0.3, 0.4) is 0 Å². The van der Waals surface area contributed by atoms with E-state index in [4.69, 9.17) is 47.4 Å². The Morgan fingerprint density at radius 3 is 1.19 bits per heavy atom. The first-order chi connectivity index (χ1) is 23.3. The molecular weight excluding hydrogens is 632 g/mol. The number of rotatable bonds is 9. The van der Waals surface area contributed by atoms with Crippen LogP contribution in [0, 0.1) is 0 Å². The van der Waals surface area contributed by atoms with Crippen LogP contribution in [0.4, 0.5) is 0 Å². The third-order valence-corrected chi connectivity index (χ3v) is 8.06. The number of ether oxygens (including phenoxy) is 10. The number of fused-ring (bicyclic) bond motifs is 4. The predicted octanol–water partition coefficient (Wildman–Crippen LogP) is 4.42. The van der Waals surface area contributed by atoms with Crippen molar-refractivity contribution < 1.29 is 66.5 Å². The van der Waals surface area contributed by atoms with Crippen LogP contribution >= 0.6 is 0 Å². The van der Waals surface area contributed by atoms with E-state index in [9.17, 15) is 19.2 Å². The lowest BCUT2D eigenvalue weighted by Gasteiger charge is -2.15. The summed E-state index contributed by atoms with van der Waals surface area (Å²) in [5.41, 5.74) is -0.125. The maximum Gasteiger partial charge on any atom is 0.234 e. The van der Waals surface area contributed by atoms with Gasteiger partial charge in [0.05, 0.1) is 14.2 Å². The SMILES string of the molecule is COc1cc(C(=O)C(=O)c2cc3c(cc2-c2cc4c(cc2C(=O)C(=O)c2cc(OC)c5c(c2)OCO5)OCO4)OCO3)cc2c1OCO2. The van der Waals surface area contributed by atoms with Crippen LogP contribution in [0.15, 0.2) is 48.5 Å². The van der Waals surface area contributed by atoms with Gasteiger partial charge in [0.1, 0.15) is 0 Å². The topological polar surface area (TPSA) is 161 Å². The van der Waals surface area contributed by atoms with Crippen molar-refractivity contribution in [3.8, 4) is 68.6 Å². The molecule has 0 atom stereocenters. The number of carbonyl (C=O) groups excluding carboxylic acids is 4. The number of benzene rings is 4. The fourth-order valence-corrected chi connectivity index (χ4v) is 5.73. The second-order valence-corrected chi connectivity index (χ2v) is 10.6. The van der Waals surface area contributed by atoms with Crippen molar-refractivity contribution in [2.45, 2.75) is 0 Å². The summed E-state index contributed by atoms with van der Waals surface area (Å²) in [6.45, 7) is -0.446. The van der Waals surface area contributed by atoms with Gasteiger partial charge in [-0.2, -0.15) is 0 Å². The number of carbonyl (C=O) groups is 4. The Bertz CT molecular complexity index is 1950. The van der Waals surface area contributed by atoms with Gasteiger partial charge in [-0.15, -0.1) is 0 Å². The summed E-state index contributed by atoms with van der Waals surface area (Å²) in [5.74, 6) is -1.33. The Morgan fingerprint density at radius 1 is 0.438 bits per heavy atom. The van der Waals surface area contributed by atoms with Crippen LogP contribution in [0.25, 0.3) is 11.1 Å². The Balaban J connectivity index is 1.25. The number of hydrogen-bond donors (Lipinski definition) is 0. The van der Waals surface area contributed by atoms with E-state index in [0.29, 0.717) is 11.5 Å². The van der Waals surface area contributed by atoms with Gasteiger partial charge in [-0.05, 0) is 59.7 Å². The minimum absolute atomic E-state index is 0.0290. The number of methoxy groups -OCH3 is 2. The van der Waals surface area contributed by atoms with Crippen molar-refractivity contribution in [3.05, 3.63) is 70.8 Å². The quantitative estimate of drug-likeness (QED) is 0.184. The molecule has 8 rings (SSSR count). The zero-order valence-electron chi connectivity index (χ0n) is 25.2. The molecule has 4 aliphatic rings. The van der Waals surface area contributed by atoms with Crippen LogP contribution in [0.5, 0.6) is 57.5 Å². The predicted molar refractivity (Wildman–Crippen MR) is 160 cm³/mol. The second kappa shape index (κ2) is 11.1. The van der Waals surface area contributed by atoms with E-state index in [1.807, 2.05) is 0 Å². The van der Waals surface area contributed by atoms with Gasteiger partial charge in [0.15, 0.2) is 46.0 Å². The molecule has 0 saturated carbocycles. The van der Waals surface area contributed by atoms with Crippen molar-refractivity contribution in [1.29, 1.82) is 0 Å². The normalized spacial score (nSPS) is 14.1. The lowest BCUT2D eigenvalue weighted by Crippen LogP contribution is -2.18. The standard InChI is InChI=1S/C34H22O14/c1-39-25-3-15(5-27-33(25)47-13-45-27)29(35)31(37)19-9-23-21(41-11-43-23)7-17(19)18-8-22-24(44-12-42-22)10-20(18)32(38)30(36)16-4-26(40-2)34-28(6-16)46-14-48-34/h3-10H,11-14H2,1-2H3. The largest absolute Gasteiger partial charge is 0.493 e. The third-order valence-electron chi connectivity index (χ3n) is 8.06. The van der Waals surface area contributed by atoms with Crippen LogP contribution in [0.1, 0.15) is 41.4 Å². The van der Waals surface area contributed by atoms with Crippen LogP contribution in [0.2, 0.25) is 0 Å². The van der Waals surface area contributed by atoms with E-state index >= 15 is 0 Å². The monoisotopic (exact) mass is 654 g/mol. The second-order valence-electron chi connectivity index (χ2n) is 10.6. The summed E-state index contributed by atoms with van der Waals surface area (Å²) in [6, 6.07) is 11.1. The third kappa shape index (κ3) is 4.56. The van der Waals surface area contributed by atoms with Crippen LogP contribution < -0.4 is 47.4 Å². The van der Waals surface area contributed by atoms with E-state index in [-0.39, 0.29) is 107 Å². The summed E-state index contributed by atoms with van der Waals surface area (Å²) < 4.78 is 54.6. The molecule has 48 heavy (non-hydrogen) atoms. The van der Waals surface area contributed by atoms with Gasteiger partial charge in [-0.1, -0.05) is 0 Å². The Labute approximate surface area is 270 Å². The molecule has 0 radical (unpaired) electrons. The molecule has 0 spiro atoms. The molecule has 0 amide bonds. The first-order valence-corrected chi connectivity index (χ1v) is 14.4.